The van der Waals surface area contributed by atoms with E-state index in [0.29, 0.717) is 19.4 Å². The second-order valence-electron chi connectivity index (χ2n) is 7.95. The number of esters is 1. The Hall–Kier alpha value is -1.72. The van der Waals surface area contributed by atoms with E-state index in [2.05, 4.69) is 16.4 Å². The van der Waals surface area contributed by atoms with Crippen LogP contribution in [0.25, 0.3) is 0 Å². The van der Waals surface area contributed by atoms with E-state index in [1.807, 2.05) is 30.3 Å². The molecule has 3 N–H and O–H groups in total. The molecule has 0 aromatic heterocycles. The third-order valence-corrected chi connectivity index (χ3v) is 4.10. The number of nitrogens with zero attached hydrogens (tertiary/aromatic N) is 1. The van der Waals surface area contributed by atoms with Gasteiger partial charge in [-0.2, -0.15) is 24.2 Å². The van der Waals surface area contributed by atoms with Crippen molar-refractivity contribution in [2.24, 2.45) is 0 Å². The second-order valence-corrected chi connectivity index (χ2v) is 7.95. The maximum absolute atomic E-state index is 12.5. The average Bonchev–Trinajstić information content (AvgIpc) is 2.60. The van der Waals surface area contributed by atoms with Crippen LogP contribution in [0.2, 0.25) is 0 Å². The molecule has 1 heterocycles. The van der Waals surface area contributed by atoms with Crippen molar-refractivity contribution in [3.63, 3.8) is 0 Å². The van der Waals surface area contributed by atoms with Gasteiger partial charge in [0.1, 0.15) is 18.2 Å². The lowest BCUT2D eigenvalue weighted by Crippen LogP contribution is -2.62. The number of carbonyl (C=O) groups excluding carboxylic acids is 1. The molecule has 0 saturated carbocycles. The summed E-state index contributed by atoms with van der Waals surface area (Å²) in [5.41, 5.74) is 7.86. The number of hydroxylamine groups is 1. The molecule has 1 aromatic carbocycles. The van der Waals surface area contributed by atoms with E-state index in [1.165, 1.54) is 5.01 Å². The Balaban J connectivity index is 1.91. The third-order valence-electron chi connectivity index (χ3n) is 4.10. The highest BCUT2D eigenvalue weighted by molar-refractivity contribution is 5.76. The van der Waals surface area contributed by atoms with Crippen LogP contribution in [0.15, 0.2) is 30.3 Å². The van der Waals surface area contributed by atoms with Crippen molar-refractivity contribution in [2.75, 3.05) is 13.1 Å². The highest BCUT2D eigenvalue weighted by Crippen LogP contribution is 2.20. The Bertz CT molecular complexity index is 638. The van der Waals surface area contributed by atoms with Crippen LogP contribution < -0.4 is 16.4 Å². The summed E-state index contributed by atoms with van der Waals surface area (Å²) in [6.45, 7) is 4.61. The topological polar surface area (TPSA) is 74.9 Å². The van der Waals surface area contributed by atoms with Gasteiger partial charge in [-0.15, -0.1) is 0 Å². The van der Waals surface area contributed by atoms with Gasteiger partial charge in [0, 0.05) is 12.6 Å². The predicted molar refractivity (Wildman–Crippen MR) is 101 cm³/mol. The Labute approximate surface area is 168 Å². The van der Waals surface area contributed by atoms with Crippen LogP contribution in [0.5, 0.6) is 0 Å². The number of carbonyl (C=O) groups is 1. The van der Waals surface area contributed by atoms with Crippen molar-refractivity contribution >= 4 is 5.97 Å². The number of alkyl halides is 3. The Morgan fingerprint density at radius 2 is 1.86 bits per heavy atom. The number of hydrogen-bond donors (Lipinski definition) is 3. The van der Waals surface area contributed by atoms with Gasteiger partial charge in [-0.1, -0.05) is 30.3 Å². The molecule has 1 aromatic rings. The fourth-order valence-electron chi connectivity index (χ4n) is 2.86. The lowest BCUT2D eigenvalue weighted by atomic mass is 10.0. The van der Waals surface area contributed by atoms with E-state index >= 15 is 0 Å². The number of piperidine rings is 1. The number of nitrogens with one attached hydrogen (secondary N) is 3. The van der Waals surface area contributed by atoms with Gasteiger partial charge in [0.15, 0.2) is 0 Å². The lowest BCUT2D eigenvalue weighted by Gasteiger charge is -2.39. The van der Waals surface area contributed by atoms with Crippen LogP contribution >= 0.6 is 0 Å². The van der Waals surface area contributed by atoms with Gasteiger partial charge in [-0.25, -0.2) is 10.4 Å². The Morgan fingerprint density at radius 3 is 2.48 bits per heavy atom. The van der Waals surface area contributed by atoms with Gasteiger partial charge in [0.05, 0.1) is 6.61 Å². The Morgan fingerprint density at radius 1 is 1.17 bits per heavy atom. The summed E-state index contributed by atoms with van der Waals surface area (Å²) in [4.78, 5) is 18.0. The molecule has 1 saturated heterocycles. The molecule has 2 rings (SSSR count). The van der Waals surface area contributed by atoms with Gasteiger partial charge in [0.2, 0.25) is 0 Å². The minimum atomic E-state index is -4.37. The summed E-state index contributed by atoms with van der Waals surface area (Å²) >= 11 is 0. The van der Waals surface area contributed by atoms with E-state index in [0.717, 1.165) is 5.56 Å². The fourth-order valence-corrected chi connectivity index (χ4v) is 2.86. The highest BCUT2D eigenvalue weighted by atomic mass is 19.4. The van der Waals surface area contributed by atoms with E-state index in [9.17, 15) is 18.0 Å². The van der Waals surface area contributed by atoms with Crippen LogP contribution in [0, 0.1) is 0 Å². The van der Waals surface area contributed by atoms with Gasteiger partial charge < -0.3 is 4.74 Å². The van der Waals surface area contributed by atoms with Crippen LogP contribution in [0.3, 0.4) is 0 Å². The Kier molecular flexibility index (Phi) is 8.41. The smallest absolute Gasteiger partial charge is 0.402 e. The van der Waals surface area contributed by atoms with Gasteiger partial charge >= 0.3 is 12.1 Å². The molecule has 0 bridgehead atoms. The van der Waals surface area contributed by atoms with Crippen molar-refractivity contribution in [2.45, 2.75) is 64.1 Å². The monoisotopic (exact) mass is 418 g/mol. The minimum Gasteiger partial charge on any atom is -0.459 e. The van der Waals surface area contributed by atoms with E-state index in [4.69, 9.17) is 9.57 Å². The first kappa shape index (κ1) is 23.6. The van der Waals surface area contributed by atoms with Crippen molar-refractivity contribution in [1.29, 1.82) is 0 Å². The molecule has 0 amide bonds. The van der Waals surface area contributed by atoms with E-state index in [1.54, 1.807) is 20.8 Å². The van der Waals surface area contributed by atoms with Crippen molar-refractivity contribution in [3.05, 3.63) is 35.9 Å². The summed E-state index contributed by atoms with van der Waals surface area (Å²) in [5.74, 6) is -0.484. The molecular weight excluding hydrogens is 389 g/mol. The highest BCUT2D eigenvalue weighted by Gasteiger charge is 2.36. The first-order valence-electron chi connectivity index (χ1n) is 9.49. The maximum atomic E-state index is 12.5. The van der Waals surface area contributed by atoms with Crippen molar-refractivity contribution < 1.29 is 27.5 Å². The molecule has 0 aliphatic carbocycles. The summed E-state index contributed by atoms with van der Waals surface area (Å²) < 4.78 is 42.7. The molecular formula is C19H29F3N4O3. The quantitative estimate of drug-likeness (QED) is 0.442. The van der Waals surface area contributed by atoms with Crippen LogP contribution in [-0.2, 0) is 21.0 Å². The SMILES string of the molecule is CC(C)(C)OC(=O)[C@@H]1CC[C@@H](NOCc2ccccc2)CN1NNCC(F)(F)F. The van der Waals surface area contributed by atoms with Crippen molar-refractivity contribution in [1.82, 2.24) is 21.4 Å². The first-order valence-corrected chi connectivity index (χ1v) is 9.49. The molecule has 29 heavy (non-hydrogen) atoms. The molecule has 2 atom stereocenters. The predicted octanol–water partition coefficient (Wildman–Crippen LogP) is 2.45. The average molecular weight is 418 g/mol. The zero-order chi connectivity index (χ0) is 21.5. The van der Waals surface area contributed by atoms with Crippen LogP contribution in [0.1, 0.15) is 39.2 Å². The number of halogens is 3. The van der Waals surface area contributed by atoms with Gasteiger partial charge in [0.25, 0.3) is 0 Å². The summed E-state index contributed by atoms with van der Waals surface area (Å²) in [6.07, 6.45) is -3.36. The molecule has 164 valence electrons. The van der Waals surface area contributed by atoms with E-state index < -0.39 is 30.3 Å². The largest absolute Gasteiger partial charge is 0.459 e. The summed E-state index contributed by atoms with van der Waals surface area (Å²) in [6, 6.07) is 8.70. The number of benzene rings is 1. The second kappa shape index (κ2) is 10.4. The molecule has 1 aliphatic rings. The van der Waals surface area contributed by atoms with Crippen molar-refractivity contribution in [3.8, 4) is 0 Å². The molecule has 1 fully saturated rings. The lowest BCUT2D eigenvalue weighted by molar-refractivity contribution is -0.167. The normalized spacial score (nSPS) is 21.2. The molecule has 0 radical (unpaired) electrons. The molecule has 1 aliphatic heterocycles. The molecule has 7 nitrogen and oxygen atoms in total. The minimum absolute atomic E-state index is 0.169. The molecule has 10 heteroatoms. The zero-order valence-electron chi connectivity index (χ0n) is 16.9. The standard InChI is InChI=1S/C19H29F3N4O3/c1-18(2,3)29-17(27)16-10-9-15(11-26(16)25-23-13-19(20,21)22)24-28-12-14-7-5-4-6-8-14/h4-8,15-16,23-25H,9-13H2,1-3H3/t15-,16+/m1/s1. The third kappa shape index (κ3) is 9.09. The fraction of sp³-hybridized carbons (Fsp3) is 0.632. The van der Waals surface area contributed by atoms with Gasteiger partial charge in [-0.05, 0) is 39.2 Å². The summed E-state index contributed by atoms with van der Waals surface area (Å²) in [5, 5.41) is 1.42. The number of rotatable bonds is 8. The van der Waals surface area contributed by atoms with Crippen LogP contribution in [-0.4, -0.2) is 47.9 Å². The van der Waals surface area contributed by atoms with Crippen LogP contribution in [0.4, 0.5) is 13.2 Å². The van der Waals surface area contributed by atoms with Gasteiger partial charge in [-0.3, -0.25) is 9.63 Å². The molecule has 0 unspecified atom stereocenters. The number of ether oxygens (including phenoxy) is 1. The number of hydrogen-bond acceptors (Lipinski definition) is 7. The first-order chi connectivity index (χ1) is 13.5. The maximum Gasteiger partial charge on any atom is 0.402 e. The summed E-state index contributed by atoms with van der Waals surface area (Å²) in [7, 11) is 0. The number of hydrazine groups is 2. The van der Waals surface area contributed by atoms with E-state index in [-0.39, 0.29) is 12.6 Å². The molecule has 0 spiro atoms. The zero-order valence-corrected chi connectivity index (χ0v) is 16.9.